The largest absolute Gasteiger partial charge is 0.357 e. The van der Waals surface area contributed by atoms with Gasteiger partial charge in [-0.1, -0.05) is 30.3 Å². The van der Waals surface area contributed by atoms with Crippen LogP contribution in [0.25, 0.3) is 0 Å². The third-order valence-electron chi connectivity index (χ3n) is 3.61. The van der Waals surface area contributed by atoms with Gasteiger partial charge in [-0.2, -0.15) is 0 Å². The molecular formula is C18H28IN5O2S2. The summed E-state index contributed by atoms with van der Waals surface area (Å²) in [6, 6.07) is 9.44. The number of nitrogens with zero attached hydrogens (tertiary/aromatic N) is 2. The van der Waals surface area contributed by atoms with E-state index in [1.54, 1.807) is 11.3 Å². The van der Waals surface area contributed by atoms with Crippen molar-refractivity contribution in [1.29, 1.82) is 0 Å². The van der Waals surface area contributed by atoms with E-state index in [-0.39, 0.29) is 36.3 Å². The predicted molar refractivity (Wildman–Crippen MR) is 127 cm³/mol. The Bertz CT molecular complexity index is 826. The molecule has 156 valence electrons. The summed E-state index contributed by atoms with van der Waals surface area (Å²) < 4.78 is 26.8. The van der Waals surface area contributed by atoms with Crippen LogP contribution in [0.2, 0.25) is 0 Å². The van der Waals surface area contributed by atoms with Crippen LogP contribution in [-0.2, 0) is 23.0 Å². The monoisotopic (exact) mass is 537 g/mol. The number of halogens is 1. The lowest BCUT2D eigenvalue weighted by atomic mass is 10.2. The smallest absolute Gasteiger partial charge is 0.213 e. The quantitative estimate of drug-likeness (QED) is 0.246. The molecule has 3 N–H and O–H groups in total. The van der Waals surface area contributed by atoms with E-state index in [0.29, 0.717) is 25.6 Å². The second kappa shape index (κ2) is 13.1. The summed E-state index contributed by atoms with van der Waals surface area (Å²) in [5.41, 5.74) is 0.928. The maximum Gasteiger partial charge on any atom is 0.213 e. The average molecular weight is 537 g/mol. The number of sulfonamides is 1. The van der Waals surface area contributed by atoms with E-state index in [9.17, 15) is 8.42 Å². The van der Waals surface area contributed by atoms with Crippen LogP contribution in [0.15, 0.2) is 41.5 Å². The van der Waals surface area contributed by atoms with Crippen molar-refractivity contribution in [3.8, 4) is 0 Å². The first-order valence-corrected chi connectivity index (χ1v) is 11.4. The molecule has 2 aromatic rings. The van der Waals surface area contributed by atoms with Gasteiger partial charge in [0.2, 0.25) is 10.0 Å². The Hall–Kier alpha value is -1.24. The van der Waals surface area contributed by atoms with Crippen LogP contribution in [0, 0.1) is 6.92 Å². The molecule has 0 radical (unpaired) electrons. The molecule has 0 bridgehead atoms. The Kier molecular flexibility index (Phi) is 11.6. The minimum atomic E-state index is -3.37. The van der Waals surface area contributed by atoms with Gasteiger partial charge in [0.1, 0.15) is 0 Å². The highest BCUT2D eigenvalue weighted by Gasteiger charge is 2.09. The first-order chi connectivity index (χ1) is 13.0. The molecule has 1 aromatic carbocycles. The number of aromatic nitrogens is 1. The van der Waals surface area contributed by atoms with Gasteiger partial charge < -0.3 is 10.6 Å². The van der Waals surface area contributed by atoms with Crippen molar-refractivity contribution in [2.24, 2.45) is 4.99 Å². The van der Waals surface area contributed by atoms with Crippen molar-refractivity contribution < 1.29 is 8.42 Å². The molecule has 0 aliphatic heterocycles. The van der Waals surface area contributed by atoms with Gasteiger partial charge in [-0.3, -0.25) is 4.99 Å². The van der Waals surface area contributed by atoms with Crippen LogP contribution < -0.4 is 15.4 Å². The number of nitrogens with one attached hydrogen (secondary N) is 3. The van der Waals surface area contributed by atoms with Gasteiger partial charge in [0.15, 0.2) is 5.96 Å². The molecule has 0 unspecified atom stereocenters. The number of aryl methyl sites for hydroxylation is 1. The molecule has 0 aliphatic carbocycles. The van der Waals surface area contributed by atoms with Crippen LogP contribution in [0.4, 0.5) is 0 Å². The van der Waals surface area contributed by atoms with Crippen molar-refractivity contribution in [3.05, 3.63) is 52.0 Å². The van der Waals surface area contributed by atoms with Gasteiger partial charge in [-0.05, 0) is 19.4 Å². The highest BCUT2D eigenvalue weighted by atomic mass is 127. The molecule has 0 atom stereocenters. The number of rotatable bonds is 10. The Balaban J connectivity index is 0.00000392. The first-order valence-electron chi connectivity index (χ1n) is 8.93. The molecular weight excluding hydrogens is 509 g/mol. The highest BCUT2D eigenvalue weighted by Crippen LogP contribution is 2.10. The standard InChI is InChI=1S/C18H27N5O2S2.HI/c1-3-19-18(20-10-9-17-22-13-15(2)26-17)21-11-12-27(24,25)23-14-16-7-5-4-6-8-16;/h4-8,13,23H,3,9-12,14H2,1-2H3,(H2,19,20,21);1H. The molecule has 0 saturated carbocycles. The number of hydrogen-bond donors (Lipinski definition) is 3. The molecule has 0 fully saturated rings. The summed E-state index contributed by atoms with van der Waals surface area (Å²) in [4.78, 5) is 9.87. The number of thiazole rings is 1. The fraction of sp³-hybridized carbons (Fsp3) is 0.444. The lowest BCUT2D eigenvalue weighted by molar-refractivity contribution is 0.581. The van der Waals surface area contributed by atoms with E-state index in [1.807, 2.05) is 50.4 Å². The number of benzene rings is 1. The normalized spacial score (nSPS) is 11.7. The number of guanidine groups is 1. The summed E-state index contributed by atoms with van der Waals surface area (Å²) >= 11 is 1.68. The van der Waals surface area contributed by atoms with E-state index in [1.165, 1.54) is 4.88 Å². The Morgan fingerprint density at radius 2 is 1.96 bits per heavy atom. The maximum absolute atomic E-state index is 12.1. The van der Waals surface area contributed by atoms with Gasteiger partial charge in [0, 0.05) is 37.1 Å². The SMILES string of the molecule is CCNC(=NCCS(=O)(=O)NCc1ccccc1)NCCc1ncc(C)s1.I. The zero-order valence-electron chi connectivity index (χ0n) is 16.1. The van der Waals surface area contributed by atoms with Gasteiger partial charge in [-0.15, -0.1) is 35.3 Å². The van der Waals surface area contributed by atoms with Crippen LogP contribution in [-0.4, -0.2) is 44.7 Å². The van der Waals surface area contributed by atoms with Crippen molar-refractivity contribution >= 4 is 51.3 Å². The van der Waals surface area contributed by atoms with E-state index in [4.69, 9.17) is 0 Å². The maximum atomic E-state index is 12.1. The van der Waals surface area contributed by atoms with E-state index < -0.39 is 10.0 Å². The molecule has 7 nitrogen and oxygen atoms in total. The van der Waals surface area contributed by atoms with Gasteiger partial charge in [-0.25, -0.2) is 18.1 Å². The third kappa shape index (κ3) is 9.80. The summed E-state index contributed by atoms with van der Waals surface area (Å²) in [7, 11) is -3.37. The van der Waals surface area contributed by atoms with E-state index in [2.05, 4.69) is 25.3 Å². The lowest BCUT2D eigenvalue weighted by Gasteiger charge is -2.11. The Morgan fingerprint density at radius 1 is 1.21 bits per heavy atom. The predicted octanol–water partition coefficient (Wildman–Crippen LogP) is 2.29. The zero-order chi connectivity index (χ0) is 19.5. The van der Waals surface area contributed by atoms with Crippen molar-refractivity contribution in [1.82, 2.24) is 20.3 Å². The zero-order valence-corrected chi connectivity index (χ0v) is 20.1. The van der Waals surface area contributed by atoms with E-state index >= 15 is 0 Å². The fourth-order valence-corrected chi connectivity index (χ4v) is 3.93. The summed E-state index contributed by atoms with van der Waals surface area (Å²) in [6.45, 7) is 5.89. The summed E-state index contributed by atoms with van der Waals surface area (Å²) in [5.74, 6) is 0.561. The van der Waals surface area contributed by atoms with Crippen LogP contribution in [0.5, 0.6) is 0 Å². The van der Waals surface area contributed by atoms with Gasteiger partial charge in [0.25, 0.3) is 0 Å². The average Bonchev–Trinajstić information content (AvgIpc) is 3.06. The Labute approximate surface area is 188 Å². The second-order valence-electron chi connectivity index (χ2n) is 5.93. The minimum absolute atomic E-state index is 0. The molecule has 0 spiro atoms. The van der Waals surface area contributed by atoms with Crippen molar-refractivity contribution in [2.45, 2.75) is 26.8 Å². The third-order valence-corrected chi connectivity index (χ3v) is 5.89. The van der Waals surface area contributed by atoms with Crippen molar-refractivity contribution in [3.63, 3.8) is 0 Å². The van der Waals surface area contributed by atoms with Gasteiger partial charge >= 0.3 is 0 Å². The fourth-order valence-electron chi connectivity index (χ4n) is 2.29. The van der Waals surface area contributed by atoms with Crippen LogP contribution in [0.1, 0.15) is 22.4 Å². The summed E-state index contributed by atoms with van der Waals surface area (Å²) in [5, 5.41) is 7.41. The topological polar surface area (TPSA) is 95.5 Å². The van der Waals surface area contributed by atoms with E-state index in [0.717, 1.165) is 17.0 Å². The lowest BCUT2D eigenvalue weighted by Crippen LogP contribution is -2.39. The highest BCUT2D eigenvalue weighted by molar-refractivity contribution is 14.0. The Morgan fingerprint density at radius 3 is 2.61 bits per heavy atom. The molecule has 0 amide bonds. The minimum Gasteiger partial charge on any atom is -0.357 e. The molecule has 1 aromatic heterocycles. The van der Waals surface area contributed by atoms with Crippen molar-refractivity contribution in [2.75, 3.05) is 25.4 Å². The first kappa shape index (κ1) is 24.8. The molecule has 1 heterocycles. The molecule has 0 aliphatic rings. The molecule has 28 heavy (non-hydrogen) atoms. The molecule has 2 rings (SSSR count). The van der Waals surface area contributed by atoms with Crippen LogP contribution in [0.3, 0.4) is 0 Å². The molecule has 10 heteroatoms. The number of hydrogen-bond acceptors (Lipinski definition) is 5. The number of aliphatic imine (C=N–C) groups is 1. The summed E-state index contributed by atoms with van der Waals surface area (Å²) in [6.07, 6.45) is 2.67. The van der Waals surface area contributed by atoms with Crippen LogP contribution >= 0.6 is 35.3 Å². The second-order valence-corrected chi connectivity index (χ2v) is 9.17. The molecule has 0 saturated heterocycles. The van der Waals surface area contributed by atoms with Gasteiger partial charge in [0.05, 0.1) is 17.3 Å².